The van der Waals surface area contributed by atoms with Gasteiger partial charge in [-0.25, -0.2) is 8.78 Å². The number of hydrogen-bond acceptors (Lipinski definition) is 2. The zero-order valence-electron chi connectivity index (χ0n) is 10.6. The topological polar surface area (TPSA) is 23.5 Å². The normalized spacial score (nSPS) is 26.0. The lowest BCUT2D eigenvalue weighted by Crippen LogP contribution is -2.33. The minimum Gasteiger partial charge on any atom is -0.389 e. The Labute approximate surface area is 106 Å². The van der Waals surface area contributed by atoms with Crippen LogP contribution in [0.5, 0.6) is 0 Å². The molecular formula is C14H19F2NO. The molecule has 1 unspecified atom stereocenters. The number of benzene rings is 1. The highest BCUT2D eigenvalue weighted by Crippen LogP contribution is 2.28. The monoisotopic (exact) mass is 255 g/mol. The van der Waals surface area contributed by atoms with Crippen LogP contribution >= 0.6 is 0 Å². The molecule has 1 saturated heterocycles. The Kier molecular flexibility index (Phi) is 3.97. The van der Waals surface area contributed by atoms with E-state index in [1.54, 1.807) is 0 Å². The van der Waals surface area contributed by atoms with Gasteiger partial charge in [0.25, 0.3) is 0 Å². The lowest BCUT2D eigenvalue weighted by Gasteiger charge is -2.27. The molecule has 4 heteroatoms. The van der Waals surface area contributed by atoms with Crippen LogP contribution < -0.4 is 0 Å². The van der Waals surface area contributed by atoms with Gasteiger partial charge in [-0.15, -0.1) is 0 Å². The molecule has 0 aromatic heterocycles. The summed E-state index contributed by atoms with van der Waals surface area (Å²) in [5.41, 5.74) is -0.988. The number of halogens is 2. The van der Waals surface area contributed by atoms with Crippen LogP contribution in [0.2, 0.25) is 0 Å². The van der Waals surface area contributed by atoms with Crippen molar-refractivity contribution in [1.29, 1.82) is 0 Å². The predicted molar refractivity (Wildman–Crippen MR) is 66.4 cm³/mol. The van der Waals surface area contributed by atoms with Gasteiger partial charge in [-0.3, -0.25) is 0 Å². The Balaban J connectivity index is 2.16. The summed E-state index contributed by atoms with van der Waals surface area (Å²) in [6.07, 6.45) is 2.05. The van der Waals surface area contributed by atoms with Gasteiger partial charge in [-0.05, 0) is 45.0 Å². The second kappa shape index (κ2) is 5.33. The van der Waals surface area contributed by atoms with E-state index >= 15 is 0 Å². The zero-order valence-corrected chi connectivity index (χ0v) is 10.6. The molecule has 0 amide bonds. The van der Waals surface area contributed by atoms with Crippen molar-refractivity contribution < 1.29 is 13.9 Å². The Morgan fingerprint density at radius 3 is 2.56 bits per heavy atom. The van der Waals surface area contributed by atoms with Crippen LogP contribution in [0.4, 0.5) is 8.78 Å². The van der Waals surface area contributed by atoms with Crippen LogP contribution in [0.3, 0.4) is 0 Å². The van der Waals surface area contributed by atoms with Gasteiger partial charge in [0.2, 0.25) is 0 Å². The first kappa shape index (κ1) is 13.4. The summed E-state index contributed by atoms with van der Waals surface area (Å²) >= 11 is 0. The number of hydrogen-bond donors (Lipinski definition) is 1. The summed E-state index contributed by atoms with van der Waals surface area (Å²) < 4.78 is 27.2. The third kappa shape index (κ3) is 3.06. The molecule has 2 rings (SSSR count). The number of nitrogens with zero attached hydrogens (tertiary/aromatic N) is 1. The third-order valence-electron chi connectivity index (χ3n) is 3.71. The van der Waals surface area contributed by atoms with Crippen LogP contribution in [0, 0.1) is 11.6 Å². The maximum Gasteiger partial charge on any atom is 0.129 e. The molecule has 0 aliphatic carbocycles. The second-order valence-electron chi connectivity index (χ2n) is 5.26. The fraction of sp³-hybridized carbons (Fsp3) is 0.571. The summed E-state index contributed by atoms with van der Waals surface area (Å²) in [7, 11) is 2.00. The molecule has 0 bridgehead atoms. The first-order valence-electron chi connectivity index (χ1n) is 6.34. The quantitative estimate of drug-likeness (QED) is 0.877. The summed E-state index contributed by atoms with van der Waals surface area (Å²) in [4.78, 5) is 2.13. The lowest BCUT2D eigenvalue weighted by atomic mass is 9.87. The van der Waals surface area contributed by atoms with Crippen LogP contribution in [0.15, 0.2) is 18.2 Å². The van der Waals surface area contributed by atoms with Crippen LogP contribution in [-0.2, 0) is 6.42 Å². The molecule has 1 aromatic rings. The minimum atomic E-state index is -0.992. The molecule has 1 N–H and O–H groups in total. The van der Waals surface area contributed by atoms with E-state index in [2.05, 4.69) is 4.90 Å². The maximum atomic E-state index is 13.6. The Morgan fingerprint density at radius 2 is 1.89 bits per heavy atom. The maximum absolute atomic E-state index is 13.6. The van der Waals surface area contributed by atoms with Crippen molar-refractivity contribution in [3.05, 3.63) is 35.4 Å². The molecule has 0 radical (unpaired) electrons. The SMILES string of the molecule is CN1CCCC(O)(Cc2c(F)cccc2F)CC1. The summed E-state index contributed by atoms with van der Waals surface area (Å²) in [5, 5.41) is 10.5. The fourth-order valence-corrected chi connectivity index (χ4v) is 2.52. The molecule has 18 heavy (non-hydrogen) atoms. The minimum absolute atomic E-state index is 0.00422. The van der Waals surface area contributed by atoms with Gasteiger partial charge in [0, 0.05) is 18.5 Å². The van der Waals surface area contributed by atoms with Crippen molar-refractivity contribution in [2.75, 3.05) is 20.1 Å². The van der Waals surface area contributed by atoms with E-state index in [1.165, 1.54) is 18.2 Å². The van der Waals surface area contributed by atoms with E-state index in [1.807, 2.05) is 7.05 Å². The average molecular weight is 255 g/mol. The van der Waals surface area contributed by atoms with E-state index in [9.17, 15) is 13.9 Å². The average Bonchev–Trinajstić information content (AvgIpc) is 2.47. The lowest BCUT2D eigenvalue weighted by molar-refractivity contribution is 0.0247. The molecule has 0 saturated carbocycles. The number of aliphatic hydroxyl groups is 1. The van der Waals surface area contributed by atoms with Crippen molar-refractivity contribution in [3.63, 3.8) is 0 Å². The Bertz CT molecular complexity index is 404. The van der Waals surface area contributed by atoms with Crippen LogP contribution in [0.25, 0.3) is 0 Å². The van der Waals surface area contributed by atoms with E-state index in [-0.39, 0.29) is 12.0 Å². The second-order valence-corrected chi connectivity index (χ2v) is 5.26. The first-order chi connectivity index (χ1) is 8.50. The van der Waals surface area contributed by atoms with Crippen molar-refractivity contribution in [1.82, 2.24) is 4.90 Å². The summed E-state index contributed by atoms with van der Waals surface area (Å²) in [5.74, 6) is -1.14. The van der Waals surface area contributed by atoms with Gasteiger partial charge in [-0.1, -0.05) is 6.07 Å². The standard InChI is InChI=1S/C14H19F2NO/c1-17-8-3-6-14(18,7-9-17)10-11-12(15)4-2-5-13(11)16/h2,4-5,18H,3,6-10H2,1H3. The molecule has 0 spiro atoms. The summed E-state index contributed by atoms with van der Waals surface area (Å²) in [6.45, 7) is 1.68. The Hall–Kier alpha value is -1.00. The molecule has 1 aliphatic heterocycles. The Morgan fingerprint density at radius 1 is 1.22 bits per heavy atom. The van der Waals surface area contributed by atoms with Crippen LogP contribution in [0.1, 0.15) is 24.8 Å². The van der Waals surface area contributed by atoms with Gasteiger partial charge < -0.3 is 10.0 Å². The van der Waals surface area contributed by atoms with Crippen molar-refractivity contribution in [2.24, 2.45) is 0 Å². The molecule has 100 valence electrons. The fourth-order valence-electron chi connectivity index (χ4n) is 2.52. The molecule has 1 aromatic carbocycles. The van der Waals surface area contributed by atoms with E-state index < -0.39 is 17.2 Å². The highest BCUT2D eigenvalue weighted by atomic mass is 19.1. The van der Waals surface area contributed by atoms with E-state index in [4.69, 9.17) is 0 Å². The third-order valence-corrected chi connectivity index (χ3v) is 3.71. The van der Waals surface area contributed by atoms with Gasteiger partial charge in [0.15, 0.2) is 0 Å². The summed E-state index contributed by atoms with van der Waals surface area (Å²) in [6, 6.07) is 3.83. The molecule has 1 aliphatic rings. The predicted octanol–water partition coefficient (Wildman–Crippen LogP) is 2.35. The smallest absolute Gasteiger partial charge is 0.129 e. The number of rotatable bonds is 2. The van der Waals surface area contributed by atoms with E-state index in [0.717, 1.165) is 19.5 Å². The van der Waals surface area contributed by atoms with Gasteiger partial charge in [0.05, 0.1) is 5.60 Å². The van der Waals surface area contributed by atoms with Crippen LogP contribution in [-0.4, -0.2) is 35.7 Å². The molecule has 1 heterocycles. The van der Waals surface area contributed by atoms with Gasteiger partial charge in [-0.2, -0.15) is 0 Å². The number of likely N-dealkylation sites (tertiary alicyclic amines) is 1. The first-order valence-corrected chi connectivity index (χ1v) is 6.34. The van der Waals surface area contributed by atoms with Gasteiger partial charge >= 0.3 is 0 Å². The largest absolute Gasteiger partial charge is 0.389 e. The van der Waals surface area contributed by atoms with Gasteiger partial charge in [0.1, 0.15) is 11.6 Å². The molecule has 1 atom stereocenters. The van der Waals surface area contributed by atoms with E-state index in [0.29, 0.717) is 12.8 Å². The highest BCUT2D eigenvalue weighted by Gasteiger charge is 2.31. The molecule has 2 nitrogen and oxygen atoms in total. The van der Waals surface area contributed by atoms with Crippen molar-refractivity contribution >= 4 is 0 Å². The highest BCUT2D eigenvalue weighted by molar-refractivity contribution is 5.21. The van der Waals surface area contributed by atoms with Crippen molar-refractivity contribution in [2.45, 2.75) is 31.3 Å². The molecular weight excluding hydrogens is 236 g/mol. The molecule has 1 fully saturated rings. The van der Waals surface area contributed by atoms with Crippen molar-refractivity contribution in [3.8, 4) is 0 Å². The zero-order chi connectivity index (χ0) is 13.2.